The van der Waals surface area contributed by atoms with Crippen LogP contribution >= 0.6 is 22.7 Å². The van der Waals surface area contributed by atoms with E-state index in [1.165, 1.54) is 119 Å². The highest BCUT2D eigenvalue weighted by Gasteiger charge is 2.21. The monoisotopic (exact) mass is 874 g/mol. The van der Waals surface area contributed by atoms with E-state index in [4.69, 9.17) is 0 Å². The molecule has 0 bridgehead atoms. The summed E-state index contributed by atoms with van der Waals surface area (Å²) >= 11 is 3.79. The van der Waals surface area contributed by atoms with Crippen LogP contribution in [0.25, 0.3) is 119 Å². The molecule has 0 nitrogen and oxygen atoms in total. The molecule has 0 radical (unpaired) electrons. The standard InChI is InChI=1S/C64H42S2/c1-6-20-43(21-7-1)52-40-53(48-30-16-32-50(38-48)55-34-18-36-57-59(44-22-8-2-9-23-44)61(65-63(55)57)46-26-12-4-13-27-46)42-54(41-52)49-31-17-33-51(39-49)56-35-19-37-58-60(45-24-10-3-11-25-45)62(66-64(56)58)47-28-14-5-15-29-47/h1-42H. The zero-order chi connectivity index (χ0) is 43.8. The van der Waals surface area contributed by atoms with Crippen LogP contribution in [0.5, 0.6) is 0 Å². The first-order valence-electron chi connectivity index (χ1n) is 22.5. The van der Waals surface area contributed by atoms with Gasteiger partial charge in [0.25, 0.3) is 0 Å². The second-order valence-electron chi connectivity index (χ2n) is 16.8. The Labute approximate surface area is 394 Å². The third-order valence-corrected chi connectivity index (χ3v) is 15.3. The van der Waals surface area contributed by atoms with Crippen molar-refractivity contribution < 1.29 is 0 Å². The smallest absolute Gasteiger partial charge is 0.0434 e. The molecule has 12 rings (SSSR count). The first kappa shape index (κ1) is 39.7. The summed E-state index contributed by atoms with van der Waals surface area (Å²) in [6, 6.07) is 93.2. The van der Waals surface area contributed by atoms with Crippen molar-refractivity contribution in [1.82, 2.24) is 0 Å². The van der Waals surface area contributed by atoms with Crippen LogP contribution in [-0.4, -0.2) is 0 Å². The average molecular weight is 875 g/mol. The molecule has 12 aromatic rings. The number of benzene rings is 10. The number of thiophene rings is 2. The molecule has 0 aliphatic heterocycles. The fourth-order valence-corrected chi connectivity index (χ4v) is 12.3. The third-order valence-electron chi connectivity index (χ3n) is 12.7. The molecule has 0 saturated carbocycles. The molecule has 2 heteroatoms. The summed E-state index contributed by atoms with van der Waals surface area (Å²) in [5, 5.41) is 2.57. The second kappa shape index (κ2) is 17.3. The highest BCUT2D eigenvalue weighted by molar-refractivity contribution is 7.24. The Morgan fingerprint density at radius 2 is 0.485 bits per heavy atom. The highest BCUT2D eigenvalue weighted by atomic mass is 32.1. The molecule has 0 atom stereocenters. The zero-order valence-corrected chi connectivity index (χ0v) is 37.7. The Kier molecular flexibility index (Phi) is 10.4. The molecule has 0 aliphatic rings. The van der Waals surface area contributed by atoms with Gasteiger partial charge in [0, 0.05) is 41.1 Å². The molecule has 2 heterocycles. The zero-order valence-electron chi connectivity index (χ0n) is 36.1. The lowest BCUT2D eigenvalue weighted by Gasteiger charge is -2.14. The first-order chi connectivity index (χ1) is 32.7. The van der Waals surface area contributed by atoms with Gasteiger partial charge in [0.1, 0.15) is 0 Å². The fourth-order valence-electron chi connectivity index (χ4n) is 9.55. The molecule has 66 heavy (non-hydrogen) atoms. The quantitative estimate of drug-likeness (QED) is 0.136. The molecule has 0 N–H and O–H groups in total. The summed E-state index contributed by atoms with van der Waals surface area (Å²) < 4.78 is 2.60. The minimum absolute atomic E-state index is 1.19. The summed E-state index contributed by atoms with van der Waals surface area (Å²) in [5.74, 6) is 0. The van der Waals surface area contributed by atoms with Crippen molar-refractivity contribution in [2.24, 2.45) is 0 Å². The minimum atomic E-state index is 1.19. The number of hydrogen-bond acceptors (Lipinski definition) is 2. The van der Waals surface area contributed by atoms with Crippen LogP contribution < -0.4 is 0 Å². The summed E-state index contributed by atoms with van der Waals surface area (Å²) in [7, 11) is 0. The average Bonchev–Trinajstić information content (AvgIpc) is 4.00. The largest absolute Gasteiger partial charge is 0.134 e. The summed E-state index contributed by atoms with van der Waals surface area (Å²) in [6.07, 6.45) is 0. The predicted octanol–water partition coefficient (Wildman–Crippen LogP) is 19.1. The van der Waals surface area contributed by atoms with E-state index in [9.17, 15) is 0 Å². The Bertz CT molecular complexity index is 3440. The fraction of sp³-hybridized carbons (Fsp3) is 0. The number of fused-ring (bicyclic) bond motifs is 2. The number of rotatable bonds is 9. The lowest BCUT2D eigenvalue weighted by atomic mass is 9.90. The van der Waals surface area contributed by atoms with Crippen molar-refractivity contribution >= 4 is 42.8 Å². The van der Waals surface area contributed by atoms with Crippen molar-refractivity contribution in [3.63, 3.8) is 0 Å². The van der Waals surface area contributed by atoms with E-state index in [-0.39, 0.29) is 0 Å². The van der Waals surface area contributed by atoms with Crippen LogP contribution in [0, 0.1) is 0 Å². The van der Waals surface area contributed by atoms with Crippen LogP contribution in [-0.2, 0) is 0 Å². The predicted molar refractivity (Wildman–Crippen MR) is 286 cm³/mol. The Morgan fingerprint density at radius 1 is 0.197 bits per heavy atom. The molecule has 0 spiro atoms. The lowest BCUT2D eigenvalue weighted by Crippen LogP contribution is -1.88. The van der Waals surface area contributed by atoms with E-state index in [0.717, 1.165) is 0 Å². The molecule has 0 saturated heterocycles. The lowest BCUT2D eigenvalue weighted by molar-refractivity contribution is 1.56. The number of hydrogen-bond donors (Lipinski definition) is 0. The van der Waals surface area contributed by atoms with Crippen LogP contribution in [0.4, 0.5) is 0 Å². The molecular formula is C64H42S2. The Morgan fingerprint density at radius 3 is 0.879 bits per heavy atom. The molecule has 0 fully saturated rings. The van der Waals surface area contributed by atoms with Gasteiger partial charge in [-0.1, -0.05) is 224 Å². The highest BCUT2D eigenvalue weighted by Crippen LogP contribution is 2.50. The van der Waals surface area contributed by atoms with E-state index in [2.05, 4.69) is 255 Å². The topological polar surface area (TPSA) is 0 Å². The van der Waals surface area contributed by atoms with Gasteiger partial charge in [0.05, 0.1) is 0 Å². The van der Waals surface area contributed by atoms with Gasteiger partial charge in [-0.25, -0.2) is 0 Å². The van der Waals surface area contributed by atoms with E-state index in [1.54, 1.807) is 0 Å². The van der Waals surface area contributed by atoms with Crippen molar-refractivity contribution in [1.29, 1.82) is 0 Å². The van der Waals surface area contributed by atoms with Crippen molar-refractivity contribution in [3.05, 3.63) is 255 Å². The normalized spacial score (nSPS) is 11.3. The molecule has 0 amide bonds. The first-order valence-corrected chi connectivity index (χ1v) is 24.1. The summed E-state index contributed by atoms with van der Waals surface area (Å²) in [5.41, 5.74) is 19.6. The summed E-state index contributed by atoms with van der Waals surface area (Å²) in [6.45, 7) is 0. The molecular weight excluding hydrogens is 833 g/mol. The second-order valence-corrected chi connectivity index (χ2v) is 18.8. The van der Waals surface area contributed by atoms with Gasteiger partial charge in [0.2, 0.25) is 0 Å². The van der Waals surface area contributed by atoms with Crippen LogP contribution in [0.3, 0.4) is 0 Å². The van der Waals surface area contributed by atoms with Crippen molar-refractivity contribution in [3.8, 4) is 98.8 Å². The van der Waals surface area contributed by atoms with Crippen LogP contribution in [0.15, 0.2) is 255 Å². The SMILES string of the molecule is c1ccc(-c2cc(-c3cccc(-c4cccc5c(-c6ccccc6)c(-c6ccccc6)sc45)c3)cc(-c3cccc(-c4cccc5c(-c6ccccc6)c(-c6ccccc6)sc45)c3)c2)cc1. The molecule has 0 aliphatic carbocycles. The van der Waals surface area contributed by atoms with Crippen molar-refractivity contribution in [2.75, 3.05) is 0 Å². The van der Waals surface area contributed by atoms with E-state index in [0.29, 0.717) is 0 Å². The van der Waals surface area contributed by atoms with E-state index >= 15 is 0 Å². The molecule has 2 aromatic heterocycles. The van der Waals surface area contributed by atoms with Gasteiger partial charge < -0.3 is 0 Å². The van der Waals surface area contributed by atoms with Gasteiger partial charge in [-0.05, 0) is 108 Å². The molecule has 310 valence electrons. The van der Waals surface area contributed by atoms with Gasteiger partial charge >= 0.3 is 0 Å². The van der Waals surface area contributed by atoms with Gasteiger partial charge in [-0.15, -0.1) is 22.7 Å². The minimum Gasteiger partial charge on any atom is -0.134 e. The van der Waals surface area contributed by atoms with Crippen LogP contribution in [0.1, 0.15) is 0 Å². The third kappa shape index (κ3) is 7.37. The van der Waals surface area contributed by atoms with Crippen molar-refractivity contribution in [2.45, 2.75) is 0 Å². The maximum absolute atomic E-state index is 2.38. The molecule has 0 unspecified atom stereocenters. The maximum Gasteiger partial charge on any atom is 0.0434 e. The van der Waals surface area contributed by atoms with Gasteiger partial charge in [-0.2, -0.15) is 0 Å². The van der Waals surface area contributed by atoms with Crippen LogP contribution in [0.2, 0.25) is 0 Å². The summed E-state index contributed by atoms with van der Waals surface area (Å²) in [4.78, 5) is 2.60. The Hall–Kier alpha value is -7.88. The van der Waals surface area contributed by atoms with Gasteiger partial charge in [0.15, 0.2) is 0 Å². The maximum atomic E-state index is 2.38. The molecule has 10 aromatic carbocycles. The van der Waals surface area contributed by atoms with E-state index < -0.39 is 0 Å². The Balaban J connectivity index is 0.986. The van der Waals surface area contributed by atoms with Gasteiger partial charge in [-0.3, -0.25) is 0 Å². The van der Waals surface area contributed by atoms with E-state index in [1.807, 2.05) is 22.7 Å².